The number of hydrogen-bond acceptors (Lipinski definition) is 2. The fourth-order valence-electron chi connectivity index (χ4n) is 3.02. The highest BCUT2D eigenvalue weighted by Crippen LogP contribution is 2.39. The van der Waals surface area contributed by atoms with Gasteiger partial charge in [0.2, 0.25) is 5.82 Å². The van der Waals surface area contributed by atoms with Crippen LogP contribution in [0.4, 0.5) is 13.2 Å². The van der Waals surface area contributed by atoms with E-state index >= 15 is 0 Å². The zero-order valence-corrected chi connectivity index (χ0v) is 11.0. The molecule has 0 saturated heterocycles. The molecule has 1 saturated carbocycles. The molecule has 0 amide bonds. The predicted molar refractivity (Wildman–Crippen MR) is 69.2 cm³/mol. The maximum absolute atomic E-state index is 13.2. The zero-order valence-electron chi connectivity index (χ0n) is 11.0. The molecule has 0 spiro atoms. The molecule has 7 heteroatoms. The van der Waals surface area contributed by atoms with Gasteiger partial charge in [0, 0.05) is 6.04 Å². The Labute approximate surface area is 118 Å². The first-order valence-corrected chi connectivity index (χ1v) is 6.71. The van der Waals surface area contributed by atoms with Crippen LogP contribution in [0.25, 0.3) is 11.0 Å². The molecule has 3 rings (SSSR count). The third-order valence-electron chi connectivity index (χ3n) is 3.89. The molecule has 0 unspecified atom stereocenters. The van der Waals surface area contributed by atoms with Gasteiger partial charge < -0.3 is 9.67 Å². The average molecular weight is 298 g/mol. The van der Waals surface area contributed by atoms with Crippen molar-refractivity contribution in [1.82, 2.24) is 9.55 Å². The molecule has 1 aromatic carbocycles. The Balaban J connectivity index is 2.31. The minimum atomic E-state index is -4.60. The molecule has 0 atom stereocenters. The van der Waals surface area contributed by atoms with Gasteiger partial charge in [0.05, 0.1) is 11.1 Å². The second-order valence-corrected chi connectivity index (χ2v) is 5.22. The summed E-state index contributed by atoms with van der Waals surface area (Å²) in [5.74, 6) is -2.27. The van der Waals surface area contributed by atoms with Crippen molar-refractivity contribution in [3.05, 3.63) is 29.6 Å². The number of benzene rings is 1. The second-order valence-electron chi connectivity index (χ2n) is 5.22. The van der Waals surface area contributed by atoms with Crippen molar-refractivity contribution in [3.63, 3.8) is 0 Å². The van der Waals surface area contributed by atoms with Crippen molar-refractivity contribution < 1.29 is 23.1 Å². The molecular formula is C14H13F3N2O2. The Morgan fingerprint density at radius 2 is 1.95 bits per heavy atom. The highest BCUT2D eigenvalue weighted by Gasteiger charge is 2.40. The van der Waals surface area contributed by atoms with E-state index in [9.17, 15) is 18.0 Å². The molecule has 1 aliphatic carbocycles. The third kappa shape index (κ3) is 2.26. The largest absolute Gasteiger partial charge is 0.478 e. The first-order chi connectivity index (χ1) is 9.89. The van der Waals surface area contributed by atoms with Gasteiger partial charge in [0.15, 0.2) is 0 Å². The van der Waals surface area contributed by atoms with E-state index in [4.69, 9.17) is 5.11 Å². The normalized spacial score (nSPS) is 16.7. The van der Waals surface area contributed by atoms with Crippen molar-refractivity contribution in [1.29, 1.82) is 0 Å². The zero-order chi connectivity index (χ0) is 15.2. The van der Waals surface area contributed by atoms with Crippen molar-refractivity contribution in [2.45, 2.75) is 37.9 Å². The number of carboxylic acid groups (broad SMARTS) is 1. The van der Waals surface area contributed by atoms with E-state index in [1.807, 2.05) is 0 Å². The number of aromatic nitrogens is 2. The summed E-state index contributed by atoms with van der Waals surface area (Å²) in [4.78, 5) is 14.8. The van der Waals surface area contributed by atoms with Gasteiger partial charge in [-0.15, -0.1) is 0 Å². The molecule has 4 nitrogen and oxygen atoms in total. The van der Waals surface area contributed by atoms with E-state index in [1.165, 1.54) is 22.8 Å². The first kappa shape index (κ1) is 13.9. The monoisotopic (exact) mass is 298 g/mol. The summed E-state index contributed by atoms with van der Waals surface area (Å²) in [5.41, 5.74) is -0.0481. The number of nitrogens with zero attached hydrogens (tertiary/aromatic N) is 2. The highest BCUT2D eigenvalue weighted by molar-refractivity contribution is 6.01. The van der Waals surface area contributed by atoms with Crippen LogP contribution in [0.5, 0.6) is 0 Å². The lowest BCUT2D eigenvalue weighted by molar-refractivity contribution is -0.147. The highest BCUT2D eigenvalue weighted by atomic mass is 19.4. The molecule has 1 aliphatic rings. The Hall–Kier alpha value is -2.05. The van der Waals surface area contributed by atoms with Gasteiger partial charge in [0.25, 0.3) is 0 Å². The number of halogens is 3. The lowest BCUT2D eigenvalue weighted by atomic mass is 10.1. The molecule has 1 N–H and O–H groups in total. The van der Waals surface area contributed by atoms with Gasteiger partial charge in [-0.2, -0.15) is 13.2 Å². The summed E-state index contributed by atoms with van der Waals surface area (Å²) in [6.07, 6.45) is -1.53. The first-order valence-electron chi connectivity index (χ1n) is 6.71. The van der Waals surface area contributed by atoms with E-state index in [0.29, 0.717) is 12.8 Å². The van der Waals surface area contributed by atoms with E-state index in [-0.39, 0.29) is 22.6 Å². The molecule has 1 heterocycles. The summed E-state index contributed by atoms with van der Waals surface area (Å²) in [7, 11) is 0. The number of alkyl halides is 3. The predicted octanol–water partition coefficient (Wildman–Crippen LogP) is 3.87. The van der Waals surface area contributed by atoms with Gasteiger partial charge in [-0.3, -0.25) is 0 Å². The van der Waals surface area contributed by atoms with Crippen molar-refractivity contribution in [3.8, 4) is 0 Å². The lowest BCUT2D eigenvalue weighted by Gasteiger charge is -2.17. The number of rotatable bonds is 2. The Kier molecular flexibility index (Phi) is 3.15. The number of hydrogen-bond donors (Lipinski definition) is 1. The summed E-state index contributed by atoms with van der Waals surface area (Å²) in [6.45, 7) is 0. The van der Waals surface area contributed by atoms with Crippen molar-refractivity contribution >= 4 is 17.0 Å². The maximum Gasteiger partial charge on any atom is 0.449 e. The SMILES string of the molecule is O=C(O)c1cccc2c1nc(C(F)(F)F)n2C1CCCC1. The minimum absolute atomic E-state index is 0.0933. The van der Waals surface area contributed by atoms with Crippen LogP contribution in [0.2, 0.25) is 0 Å². The van der Waals surface area contributed by atoms with Gasteiger partial charge in [-0.25, -0.2) is 9.78 Å². The number of imidazole rings is 1. The molecule has 2 aromatic rings. The molecule has 112 valence electrons. The Bertz CT molecular complexity index is 700. The quantitative estimate of drug-likeness (QED) is 0.915. The molecular weight excluding hydrogens is 285 g/mol. The molecule has 1 fully saturated rings. The topological polar surface area (TPSA) is 55.1 Å². The number of aromatic carboxylic acids is 1. The van der Waals surface area contributed by atoms with Crippen LogP contribution in [0.3, 0.4) is 0 Å². The van der Waals surface area contributed by atoms with E-state index < -0.39 is 18.0 Å². The van der Waals surface area contributed by atoms with Crippen molar-refractivity contribution in [2.75, 3.05) is 0 Å². The fraction of sp³-hybridized carbons (Fsp3) is 0.429. The Morgan fingerprint density at radius 1 is 1.29 bits per heavy atom. The van der Waals surface area contributed by atoms with Crippen molar-refractivity contribution in [2.24, 2.45) is 0 Å². The van der Waals surface area contributed by atoms with Crippen LogP contribution in [0.15, 0.2) is 18.2 Å². The summed E-state index contributed by atoms with van der Waals surface area (Å²) in [6, 6.07) is 3.97. The molecule has 21 heavy (non-hydrogen) atoms. The molecule has 1 aromatic heterocycles. The number of para-hydroxylation sites is 1. The van der Waals surface area contributed by atoms with Gasteiger partial charge in [0.1, 0.15) is 5.52 Å². The second kappa shape index (κ2) is 4.75. The number of carboxylic acids is 1. The smallest absolute Gasteiger partial charge is 0.449 e. The molecule has 0 radical (unpaired) electrons. The average Bonchev–Trinajstić information content (AvgIpc) is 3.03. The Morgan fingerprint density at radius 3 is 2.52 bits per heavy atom. The number of fused-ring (bicyclic) bond motifs is 1. The summed E-state index contributed by atoms with van der Waals surface area (Å²) >= 11 is 0. The van der Waals surface area contributed by atoms with Crippen LogP contribution >= 0.6 is 0 Å². The fourth-order valence-corrected chi connectivity index (χ4v) is 3.02. The number of carbonyl (C=O) groups is 1. The standard InChI is InChI=1S/C14H13F3N2O2/c15-14(16,17)13-18-11-9(12(20)21)6-3-7-10(11)19(13)8-4-1-2-5-8/h3,6-8H,1-2,4-5H2,(H,20,21). The lowest BCUT2D eigenvalue weighted by Crippen LogP contribution is -2.17. The van der Waals surface area contributed by atoms with Gasteiger partial charge in [-0.05, 0) is 25.0 Å². The van der Waals surface area contributed by atoms with Crippen LogP contribution in [0, 0.1) is 0 Å². The maximum atomic E-state index is 13.2. The third-order valence-corrected chi connectivity index (χ3v) is 3.89. The van der Waals surface area contributed by atoms with E-state index in [1.54, 1.807) is 0 Å². The summed E-state index contributed by atoms with van der Waals surface area (Å²) < 4.78 is 40.9. The van der Waals surface area contributed by atoms with Gasteiger partial charge >= 0.3 is 12.1 Å². The minimum Gasteiger partial charge on any atom is -0.478 e. The molecule has 0 aliphatic heterocycles. The van der Waals surface area contributed by atoms with Crippen LogP contribution < -0.4 is 0 Å². The van der Waals surface area contributed by atoms with Crippen LogP contribution in [0.1, 0.15) is 47.9 Å². The summed E-state index contributed by atoms with van der Waals surface area (Å²) in [5, 5.41) is 9.12. The van der Waals surface area contributed by atoms with E-state index in [0.717, 1.165) is 12.8 Å². The van der Waals surface area contributed by atoms with Gasteiger partial charge in [-0.1, -0.05) is 18.9 Å². The van der Waals surface area contributed by atoms with Crippen LogP contribution in [-0.2, 0) is 6.18 Å². The van der Waals surface area contributed by atoms with E-state index in [2.05, 4.69) is 4.98 Å². The van der Waals surface area contributed by atoms with Crippen LogP contribution in [-0.4, -0.2) is 20.6 Å². The molecule has 0 bridgehead atoms.